The maximum atomic E-state index is 12.2. The van der Waals surface area contributed by atoms with Crippen molar-refractivity contribution < 1.29 is 12.8 Å². The molecule has 0 fully saturated rings. The molecule has 6 nitrogen and oxygen atoms in total. The van der Waals surface area contributed by atoms with Gasteiger partial charge >= 0.3 is 0 Å². The van der Waals surface area contributed by atoms with E-state index in [2.05, 4.69) is 15.0 Å². The molecular formula is C12H17N3O3S2. The molecule has 8 heteroatoms. The van der Waals surface area contributed by atoms with E-state index in [1.54, 1.807) is 6.07 Å². The van der Waals surface area contributed by atoms with Crippen LogP contribution in [0.5, 0.6) is 0 Å². The summed E-state index contributed by atoms with van der Waals surface area (Å²) in [6.45, 7) is 6.99. The summed E-state index contributed by atoms with van der Waals surface area (Å²) >= 11 is 1.30. The molecule has 0 saturated carbocycles. The average molecular weight is 315 g/mol. The highest BCUT2D eigenvalue weighted by Gasteiger charge is 2.20. The number of furan rings is 1. The summed E-state index contributed by atoms with van der Waals surface area (Å²) in [5.74, 6) is 0.582. The van der Waals surface area contributed by atoms with Gasteiger partial charge < -0.3 is 9.73 Å². The number of hydrogen-bond acceptors (Lipinski definition) is 6. The normalized spacial score (nSPS) is 11.8. The van der Waals surface area contributed by atoms with E-state index in [4.69, 9.17) is 4.42 Å². The number of nitrogens with one attached hydrogen (secondary N) is 2. The van der Waals surface area contributed by atoms with Gasteiger partial charge in [0.1, 0.15) is 5.76 Å². The first-order valence-corrected chi connectivity index (χ1v) is 8.48. The van der Waals surface area contributed by atoms with Gasteiger partial charge in [-0.1, -0.05) is 6.92 Å². The van der Waals surface area contributed by atoms with Crippen molar-refractivity contribution in [2.75, 3.05) is 11.3 Å². The van der Waals surface area contributed by atoms with Crippen molar-refractivity contribution in [3.63, 3.8) is 0 Å². The van der Waals surface area contributed by atoms with Gasteiger partial charge in [-0.15, -0.1) is 11.3 Å². The Hall–Kier alpha value is -1.38. The molecule has 110 valence electrons. The van der Waals surface area contributed by atoms with E-state index in [0.29, 0.717) is 17.4 Å². The first kappa shape index (κ1) is 15.0. The topological polar surface area (TPSA) is 84.2 Å². The Morgan fingerprint density at radius 1 is 1.35 bits per heavy atom. The molecule has 2 rings (SSSR count). The van der Waals surface area contributed by atoms with Crippen molar-refractivity contribution in [3.05, 3.63) is 28.5 Å². The van der Waals surface area contributed by atoms with Crippen molar-refractivity contribution in [2.45, 2.75) is 32.4 Å². The first-order chi connectivity index (χ1) is 9.42. The lowest BCUT2D eigenvalue weighted by Crippen LogP contribution is -2.12. The molecular weight excluding hydrogens is 298 g/mol. The third-order valence-electron chi connectivity index (χ3n) is 2.70. The second-order valence-electron chi connectivity index (χ2n) is 4.27. The summed E-state index contributed by atoms with van der Waals surface area (Å²) in [6.07, 6.45) is 0. The second-order valence-corrected chi connectivity index (χ2v) is 7.08. The molecule has 0 radical (unpaired) electrons. The van der Waals surface area contributed by atoms with Gasteiger partial charge in [0.2, 0.25) is 5.09 Å². The summed E-state index contributed by atoms with van der Waals surface area (Å²) in [7, 11) is -3.72. The van der Waals surface area contributed by atoms with Crippen LogP contribution < -0.4 is 10.0 Å². The number of anilines is 1. The fraction of sp³-hybridized carbons (Fsp3) is 0.417. The Balaban J connectivity index is 2.15. The molecule has 0 bridgehead atoms. The molecule has 0 unspecified atom stereocenters. The van der Waals surface area contributed by atoms with Gasteiger partial charge in [-0.3, -0.25) is 4.72 Å². The van der Waals surface area contributed by atoms with E-state index in [1.807, 2.05) is 20.8 Å². The van der Waals surface area contributed by atoms with Crippen molar-refractivity contribution in [3.8, 4) is 0 Å². The Kier molecular flexibility index (Phi) is 4.46. The number of thiazole rings is 1. The maximum absolute atomic E-state index is 12.2. The number of aryl methyl sites for hydroxylation is 2. The highest BCUT2D eigenvalue weighted by atomic mass is 32.2. The smallest absolute Gasteiger partial charge is 0.297 e. The number of rotatable bonds is 6. The molecule has 0 aromatic carbocycles. The van der Waals surface area contributed by atoms with E-state index < -0.39 is 10.0 Å². The molecule has 0 aliphatic rings. The Morgan fingerprint density at radius 3 is 2.70 bits per heavy atom. The van der Waals surface area contributed by atoms with Crippen molar-refractivity contribution in [1.82, 2.24) is 10.3 Å². The summed E-state index contributed by atoms with van der Waals surface area (Å²) in [6, 6.07) is 3.10. The van der Waals surface area contributed by atoms with E-state index in [9.17, 15) is 8.42 Å². The van der Waals surface area contributed by atoms with Crippen LogP contribution in [0.1, 0.15) is 23.3 Å². The van der Waals surface area contributed by atoms with Crippen LogP contribution in [0.4, 0.5) is 5.13 Å². The summed E-state index contributed by atoms with van der Waals surface area (Å²) in [4.78, 5) is 5.13. The molecule has 0 amide bonds. The fourth-order valence-corrected chi connectivity index (χ4v) is 3.53. The van der Waals surface area contributed by atoms with E-state index in [-0.39, 0.29) is 5.09 Å². The molecule has 2 heterocycles. The van der Waals surface area contributed by atoms with Crippen LogP contribution >= 0.6 is 11.3 Å². The number of aromatic nitrogens is 1. The molecule has 0 spiro atoms. The van der Waals surface area contributed by atoms with Gasteiger partial charge in [0.15, 0.2) is 5.13 Å². The van der Waals surface area contributed by atoms with E-state index in [0.717, 1.165) is 17.1 Å². The summed E-state index contributed by atoms with van der Waals surface area (Å²) < 4.78 is 32.1. The van der Waals surface area contributed by atoms with Crippen LogP contribution in [0.25, 0.3) is 0 Å². The molecule has 0 aliphatic heterocycles. The van der Waals surface area contributed by atoms with Crippen molar-refractivity contribution in [2.24, 2.45) is 0 Å². The number of sulfonamides is 1. The summed E-state index contributed by atoms with van der Waals surface area (Å²) in [5.41, 5.74) is 0.819. The van der Waals surface area contributed by atoms with Crippen LogP contribution in [0.2, 0.25) is 0 Å². The second kappa shape index (κ2) is 5.94. The number of hydrogen-bond donors (Lipinski definition) is 2. The maximum Gasteiger partial charge on any atom is 0.297 e. The van der Waals surface area contributed by atoms with Gasteiger partial charge in [0.25, 0.3) is 10.0 Å². The van der Waals surface area contributed by atoms with Crippen LogP contribution in [-0.4, -0.2) is 19.9 Å². The number of nitrogens with zero attached hydrogens (tertiary/aromatic N) is 1. The highest BCUT2D eigenvalue weighted by Crippen LogP contribution is 2.24. The Morgan fingerprint density at radius 2 is 2.10 bits per heavy atom. The monoisotopic (exact) mass is 315 g/mol. The van der Waals surface area contributed by atoms with Gasteiger partial charge in [-0.2, -0.15) is 8.42 Å². The average Bonchev–Trinajstić information content (AvgIpc) is 2.95. The lowest BCUT2D eigenvalue weighted by atomic mass is 10.4. The zero-order chi connectivity index (χ0) is 14.8. The predicted octanol–water partition coefficient (Wildman–Crippen LogP) is 2.26. The van der Waals surface area contributed by atoms with E-state index >= 15 is 0 Å². The quantitative estimate of drug-likeness (QED) is 0.854. The third-order valence-corrected chi connectivity index (χ3v) is 5.03. The fourth-order valence-electron chi connectivity index (χ4n) is 1.53. The van der Waals surface area contributed by atoms with Gasteiger partial charge in [0, 0.05) is 4.88 Å². The molecule has 0 atom stereocenters. The molecule has 20 heavy (non-hydrogen) atoms. The van der Waals surface area contributed by atoms with Gasteiger partial charge in [-0.25, -0.2) is 4.98 Å². The predicted molar refractivity (Wildman–Crippen MR) is 78.5 cm³/mol. The minimum Gasteiger partial charge on any atom is -0.446 e. The Bertz CT molecular complexity index is 669. The van der Waals surface area contributed by atoms with Crippen molar-refractivity contribution >= 4 is 26.5 Å². The molecule has 2 aromatic rings. The molecule has 0 saturated heterocycles. The summed E-state index contributed by atoms with van der Waals surface area (Å²) in [5, 5.41) is 3.32. The van der Waals surface area contributed by atoms with Crippen LogP contribution in [0.15, 0.2) is 21.6 Å². The largest absolute Gasteiger partial charge is 0.446 e. The molecule has 0 aliphatic carbocycles. The third kappa shape index (κ3) is 3.38. The Labute approximate surface area is 122 Å². The molecule has 2 N–H and O–H groups in total. The van der Waals surface area contributed by atoms with Crippen LogP contribution in [0, 0.1) is 13.8 Å². The van der Waals surface area contributed by atoms with Crippen LogP contribution in [-0.2, 0) is 16.6 Å². The van der Waals surface area contributed by atoms with Gasteiger partial charge in [-0.05, 0) is 32.5 Å². The van der Waals surface area contributed by atoms with E-state index in [1.165, 1.54) is 17.4 Å². The zero-order valence-corrected chi connectivity index (χ0v) is 13.2. The van der Waals surface area contributed by atoms with Crippen LogP contribution in [0.3, 0.4) is 0 Å². The highest BCUT2D eigenvalue weighted by molar-refractivity contribution is 7.92. The minimum atomic E-state index is -3.72. The SMILES string of the molecule is CCNCc1ccc(S(=O)(=O)Nc2nc(C)c(C)s2)o1. The standard InChI is InChI=1S/C12H17N3O3S2/c1-4-13-7-10-5-6-11(18-10)20(16,17)15-12-14-8(2)9(3)19-12/h5-6,13H,4,7H2,1-3H3,(H,14,15). The molecule has 2 aromatic heterocycles. The zero-order valence-electron chi connectivity index (χ0n) is 11.6. The van der Waals surface area contributed by atoms with Crippen molar-refractivity contribution in [1.29, 1.82) is 0 Å². The lowest BCUT2D eigenvalue weighted by Gasteiger charge is -2.01. The lowest BCUT2D eigenvalue weighted by molar-refractivity contribution is 0.405. The minimum absolute atomic E-state index is 0.101. The van der Waals surface area contributed by atoms with Gasteiger partial charge in [0.05, 0.1) is 12.2 Å². The first-order valence-electron chi connectivity index (χ1n) is 6.18.